The van der Waals surface area contributed by atoms with Gasteiger partial charge in [0.05, 0.1) is 6.04 Å². The second kappa shape index (κ2) is 5.41. The lowest BCUT2D eigenvalue weighted by molar-refractivity contribution is 0.128. The number of rotatable bonds is 4. The quantitative estimate of drug-likeness (QED) is 0.772. The third kappa shape index (κ3) is 2.72. The molecule has 1 saturated heterocycles. The third-order valence-electron chi connectivity index (χ3n) is 3.11. The van der Waals surface area contributed by atoms with Gasteiger partial charge in [-0.15, -0.1) is 11.6 Å². The Hall–Kier alpha value is -1.22. The van der Waals surface area contributed by atoms with Crippen molar-refractivity contribution < 1.29 is 9.53 Å². The van der Waals surface area contributed by atoms with E-state index in [9.17, 15) is 4.79 Å². The lowest BCUT2D eigenvalue weighted by Crippen LogP contribution is -2.33. The molecule has 2 unspecified atom stereocenters. The average molecular weight is 254 g/mol. The molecule has 1 aromatic rings. The SMILES string of the molecule is CC1C(CCCl)OC(=O)N1Cc1ccccc1. The molecule has 0 N–H and O–H groups in total. The van der Waals surface area contributed by atoms with Crippen LogP contribution >= 0.6 is 11.6 Å². The number of hydrogen-bond acceptors (Lipinski definition) is 2. The maximum absolute atomic E-state index is 11.7. The second-order valence-electron chi connectivity index (χ2n) is 4.25. The highest BCUT2D eigenvalue weighted by Crippen LogP contribution is 2.24. The number of hydrogen-bond donors (Lipinski definition) is 0. The summed E-state index contributed by atoms with van der Waals surface area (Å²) in [5.74, 6) is 0.515. The van der Waals surface area contributed by atoms with Crippen molar-refractivity contribution in [2.75, 3.05) is 5.88 Å². The number of ether oxygens (including phenoxy) is 1. The van der Waals surface area contributed by atoms with Crippen LogP contribution in [0.5, 0.6) is 0 Å². The Labute approximate surface area is 106 Å². The molecule has 4 heteroatoms. The van der Waals surface area contributed by atoms with Crippen molar-refractivity contribution in [1.29, 1.82) is 0 Å². The molecule has 0 aromatic heterocycles. The van der Waals surface area contributed by atoms with Gasteiger partial charge in [-0.3, -0.25) is 4.90 Å². The Morgan fingerprint density at radius 1 is 1.35 bits per heavy atom. The fraction of sp³-hybridized carbons (Fsp3) is 0.462. The second-order valence-corrected chi connectivity index (χ2v) is 4.63. The Balaban J connectivity index is 2.04. The van der Waals surface area contributed by atoms with E-state index in [0.717, 1.165) is 5.56 Å². The van der Waals surface area contributed by atoms with Gasteiger partial charge in [0.25, 0.3) is 0 Å². The van der Waals surface area contributed by atoms with Crippen molar-refractivity contribution >= 4 is 17.7 Å². The normalized spacial score (nSPS) is 23.9. The van der Waals surface area contributed by atoms with Gasteiger partial charge >= 0.3 is 6.09 Å². The zero-order valence-corrected chi connectivity index (χ0v) is 10.6. The molecule has 0 bridgehead atoms. The molecule has 2 atom stereocenters. The van der Waals surface area contributed by atoms with Gasteiger partial charge in [-0.1, -0.05) is 30.3 Å². The van der Waals surface area contributed by atoms with E-state index in [1.807, 2.05) is 37.3 Å². The Morgan fingerprint density at radius 2 is 2.06 bits per heavy atom. The van der Waals surface area contributed by atoms with Gasteiger partial charge in [-0.2, -0.15) is 0 Å². The first-order valence-electron chi connectivity index (χ1n) is 5.79. The maximum Gasteiger partial charge on any atom is 0.410 e. The standard InChI is InChI=1S/C13H16ClNO2/c1-10-12(7-8-14)17-13(16)15(10)9-11-5-3-2-4-6-11/h2-6,10,12H,7-9H2,1H3. The number of cyclic esters (lactones) is 1. The van der Waals surface area contributed by atoms with Crippen molar-refractivity contribution in [3.8, 4) is 0 Å². The highest BCUT2D eigenvalue weighted by atomic mass is 35.5. The molecule has 17 heavy (non-hydrogen) atoms. The van der Waals surface area contributed by atoms with Crippen LogP contribution in [0, 0.1) is 0 Å². The third-order valence-corrected chi connectivity index (χ3v) is 3.32. The summed E-state index contributed by atoms with van der Waals surface area (Å²) in [6.45, 7) is 2.60. The predicted molar refractivity (Wildman–Crippen MR) is 67.1 cm³/mol. The number of amides is 1. The van der Waals surface area contributed by atoms with E-state index in [1.165, 1.54) is 0 Å². The summed E-state index contributed by atoms with van der Waals surface area (Å²) in [7, 11) is 0. The van der Waals surface area contributed by atoms with E-state index in [4.69, 9.17) is 16.3 Å². The molecule has 0 spiro atoms. The van der Waals surface area contributed by atoms with E-state index in [1.54, 1.807) is 4.90 Å². The lowest BCUT2D eigenvalue weighted by atomic mass is 10.1. The Bertz CT molecular complexity index is 382. The van der Waals surface area contributed by atoms with Gasteiger partial charge in [-0.25, -0.2) is 4.79 Å². The topological polar surface area (TPSA) is 29.5 Å². The van der Waals surface area contributed by atoms with Gasteiger partial charge in [0.2, 0.25) is 0 Å². The van der Waals surface area contributed by atoms with Gasteiger partial charge in [0, 0.05) is 18.8 Å². The molecule has 0 saturated carbocycles. The first-order chi connectivity index (χ1) is 8.22. The molecular formula is C13H16ClNO2. The van der Waals surface area contributed by atoms with E-state index in [-0.39, 0.29) is 18.2 Å². The molecule has 1 heterocycles. The van der Waals surface area contributed by atoms with Crippen molar-refractivity contribution in [2.45, 2.75) is 32.0 Å². The van der Waals surface area contributed by atoms with E-state index >= 15 is 0 Å². The van der Waals surface area contributed by atoms with Crippen LogP contribution in [0.15, 0.2) is 30.3 Å². The molecule has 2 rings (SSSR count). The van der Waals surface area contributed by atoms with Crippen LogP contribution in [0.1, 0.15) is 18.9 Å². The van der Waals surface area contributed by atoms with Crippen LogP contribution < -0.4 is 0 Å². The summed E-state index contributed by atoms with van der Waals surface area (Å²) in [4.78, 5) is 13.5. The Kier molecular flexibility index (Phi) is 3.89. The smallest absolute Gasteiger partial charge is 0.410 e. The summed E-state index contributed by atoms with van der Waals surface area (Å²) in [5, 5.41) is 0. The van der Waals surface area contributed by atoms with Crippen molar-refractivity contribution in [3.63, 3.8) is 0 Å². The van der Waals surface area contributed by atoms with Crippen LogP contribution in [0.4, 0.5) is 4.79 Å². The monoisotopic (exact) mass is 253 g/mol. The van der Waals surface area contributed by atoms with Gasteiger partial charge in [0.15, 0.2) is 0 Å². The summed E-state index contributed by atoms with van der Waals surface area (Å²) in [6, 6.07) is 10.0. The minimum atomic E-state index is -0.239. The highest BCUT2D eigenvalue weighted by Gasteiger charge is 2.37. The lowest BCUT2D eigenvalue weighted by Gasteiger charge is -2.20. The zero-order valence-electron chi connectivity index (χ0n) is 9.80. The average Bonchev–Trinajstić information content (AvgIpc) is 2.59. The molecule has 92 valence electrons. The molecular weight excluding hydrogens is 238 g/mol. The molecule has 1 aliphatic heterocycles. The van der Waals surface area contributed by atoms with Crippen LogP contribution in [-0.2, 0) is 11.3 Å². The van der Waals surface area contributed by atoms with E-state index in [2.05, 4.69) is 0 Å². The summed E-state index contributed by atoms with van der Waals surface area (Å²) >= 11 is 5.69. The van der Waals surface area contributed by atoms with E-state index < -0.39 is 0 Å². The molecule has 3 nitrogen and oxygen atoms in total. The molecule has 1 fully saturated rings. The first-order valence-corrected chi connectivity index (χ1v) is 6.33. The fourth-order valence-corrected chi connectivity index (χ4v) is 2.27. The first kappa shape index (κ1) is 12.2. The van der Waals surface area contributed by atoms with Gasteiger partial charge < -0.3 is 4.74 Å². The van der Waals surface area contributed by atoms with Crippen LogP contribution in [-0.4, -0.2) is 29.0 Å². The molecule has 1 amide bonds. The molecule has 0 aliphatic carbocycles. The van der Waals surface area contributed by atoms with Gasteiger partial charge in [-0.05, 0) is 12.5 Å². The fourth-order valence-electron chi connectivity index (χ4n) is 2.06. The number of halogens is 1. The van der Waals surface area contributed by atoms with E-state index in [0.29, 0.717) is 18.8 Å². The predicted octanol–water partition coefficient (Wildman–Crippen LogP) is 3.02. The minimum Gasteiger partial charge on any atom is -0.444 e. The van der Waals surface area contributed by atoms with Crippen molar-refractivity contribution in [1.82, 2.24) is 4.90 Å². The van der Waals surface area contributed by atoms with Gasteiger partial charge in [0.1, 0.15) is 6.10 Å². The highest BCUT2D eigenvalue weighted by molar-refractivity contribution is 6.17. The number of carbonyl (C=O) groups excluding carboxylic acids is 1. The number of carbonyl (C=O) groups is 1. The zero-order chi connectivity index (χ0) is 12.3. The molecule has 0 radical (unpaired) electrons. The molecule has 1 aromatic carbocycles. The van der Waals surface area contributed by atoms with Crippen molar-refractivity contribution in [3.05, 3.63) is 35.9 Å². The van der Waals surface area contributed by atoms with Crippen LogP contribution in [0.25, 0.3) is 0 Å². The van der Waals surface area contributed by atoms with Crippen LogP contribution in [0.3, 0.4) is 0 Å². The minimum absolute atomic E-state index is 0.0799. The summed E-state index contributed by atoms with van der Waals surface area (Å²) < 4.78 is 5.30. The summed E-state index contributed by atoms with van der Waals surface area (Å²) in [5.41, 5.74) is 1.11. The Morgan fingerprint density at radius 3 is 2.71 bits per heavy atom. The number of alkyl halides is 1. The number of benzene rings is 1. The van der Waals surface area contributed by atoms with Crippen molar-refractivity contribution in [2.24, 2.45) is 0 Å². The summed E-state index contributed by atoms with van der Waals surface area (Å²) in [6.07, 6.45) is 0.389. The van der Waals surface area contributed by atoms with Crippen LogP contribution in [0.2, 0.25) is 0 Å². The maximum atomic E-state index is 11.7. The molecule has 1 aliphatic rings. The largest absolute Gasteiger partial charge is 0.444 e. The number of nitrogens with zero attached hydrogens (tertiary/aromatic N) is 1.